The molecule has 156 valence electrons. The first kappa shape index (κ1) is 20.9. The Morgan fingerprint density at radius 3 is 2.21 bits per heavy atom. The molecule has 0 spiro atoms. The van der Waals surface area contributed by atoms with Crippen molar-refractivity contribution in [1.29, 1.82) is 0 Å². The number of nitrogens with zero attached hydrogens (tertiary/aromatic N) is 1. The van der Waals surface area contributed by atoms with Crippen molar-refractivity contribution in [2.45, 2.75) is 17.9 Å². The minimum Gasteiger partial charge on any atom is -0.497 e. The Hall–Kier alpha value is -2.78. The summed E-state index contributed by atoms with van der Waals surface area (Å²) >= 11 is 0. The van der Waals surface area contributed by atoms with Gasteiger partial charge in [-0.25, -0.2) is 8.42 Å². The van der Waals surface area contributed by atoms with Crippen LogP contribution in [0.2, 0.25) is 0 Å². The highest BCUT2D eigenvalue weighted by Gasteiger charge is 2.24. The van der Waals surface area contributed by atoms with E-state index in [1.54, 1.807) is 36.1 Å². The van der Waals surface area contributed by atoms with Gasteiger partial charge in [-0.05, 0) is 55.5 Å². The van der Waals surface area contributed by atoms with Crippen LogP contribution in [0.4, 0.5) is 5.69 Å². The van der Waals surface area contributed by atoms with Crippen LogP contribution in [0.25, 0.3) is 0 Å². The summed E-state index contributed by atoms with van der Waals surface area (Å²) in [5, 5.41) is 0. The lowest BCUT2D eigenvalue weighted by molar-refractivity contribution is -0.142. The molecule has 1 aliphatic rings. The van der Waals surface area contributed by atoms with E-state index in [0.29, 0.717) is 43.5 Å². The predicted molar refractivity (Wildman–Crippen MR) is 108 cm³/mol. The van der Waals surface area contributed by atoms with E-state index in [2.05, 4.69) is 4.72 Å². The zero-order valence-corrected chi connectivity index (χ0v) is 17.1. The third-order valence-corrected chi connectivity index (χ3v) is 5.86. The van der Waals surface area contributed by atoms with Crippen molar-refractivity contribution in [2.75, 3.05) is 38.1 Å². The van der Waals surface area contributed by atoms with Crippen LogP contribution in [0.15, 0.2) is 53.4 Å². The molecule has 0 aromatic heterocycles. The number of amides is 1. The molecule has 3 rings (SSSR count). The zero-order chi connectivity index (χ0) is 20.9. The standard InChI is InChI=1S/C20H24N2O6S/c1-15(20(23)22-11-13-27-14-12-22)28-18-7-9-19(10-8-18)29(24,25)21-16-3-5-17(26-2)6-4-16/h3-10,15,21H,11-14H2,1-2H3/t15-/m1/s1. The van der Waals surface area contributed by atoms with Crippen LogP contribution >= 0.6 is 0 Å². The molecular weight excluding hydrogens is 396 g/mol. The highest BCUT2D eigenvalue weighted by molar-refractivity contribution is 7.92. The molecule has 1 heterocycles. The first-order chi connectivity index (χ1) is 13.9. The Labute approximate surface area is 170 Å². The van der Waals surface area contributed by atoms with Gasteiger partial charge < -0.3 is 19.1 Å². The highest BCUT2D eigenvalue weighted by Crippen LogP contribution is 2.22. The molecule has 1 N–H and O–H groups in total. The van der Waals surface area contributed by atoms with E-state index in [-0.39, 0.29) is 10.8 Å². The van der Waals surface area contributed by atoms with Gasteiger partial charge in [0.1, 0.15) is 11.5 Å². The lowest BCUT2D eigenvalue weighted by atomic mass is 10.3. The number of nitrogens with one attached hydrogen (secondary N) is 1. The molecule has 0 bridgehead atoms. The fourth-order valence-corrected chi connectivity index (χ4v) is 3.92. The third kappa shape index (κ3) is 5.39. The van der Waals surface area contributed by atoms with Gasteiger partial charge in [-0.3, -0.25) is 9.52 Å². The molecule has 1 atom stereocenters. The maximum absolute atomic E-state index is 12.5. The highest BCUT2D eigenvalue weighted by atomic mass is 32.2. The molecule has 8 nitrogen and oxygen atoms in total. The minimum absolute atomic E-state index is 0.0906. The number of hydrogen-bond donors (Lipinski definition) is 1. The average molecular weight is 420 g/mol. The largest absolute Gasteiger partial charge is 0.497 e. The van der Waals surface area contributed by atoms with Crippen molar-refractivity contribution < 1.29 is 27.4 Å². The fourth-order valence-electron chi connectivity index (χ4n) is 2.87. The number of methoxy groups -OCH3 is 1. The van der Waals surface area contributed by atoms with Crippen LogP contribution in [0.5, 0.6) is 11.5 Å². The maximum atomic E-state index is 12.5. The summed E-state index contributed by atoms with van der Waals surface area (Å²) in [4.78, 5) is 14.2. The van der Waals surface area contributed by atoms with Crippen LogP contribution in [0.3, 0.4) is 0 Å². The van der Waals surface area contributed by atoms with E-state index >= 15 is 0 Å². The quantitative estimate of drug-likeness (QED) is 0.737. The van der Waals surface area contributed by atoms with Crippen LogP contribution < -0.4 is 14.2 Å². The average Bonchev–Trinajstić information content (AvgIpc) is 2.74. The summed E-state index contributed by atoms with van der Waals surface area (Å²) in [6.45, 7) is 3.80. The van der Waals surface area contributed by atoms with Gasteiger partial charge in [-0.1, -0.05) is 0 Å². The number of morpholine rings is 1. The van der Waals surface area contributed by atoms with E-state index in [4.69, 9.17) is 14.2 Å². The summed E-state index contributed by atoms with van der Waals surface area (Å²) in [6, 6.07) is 12.5. The number of benzene rings is 2. The van der Waals surface area contributed by atoms with Gasteiger partial charge in [0.25, 0.3) is 15.9 Å². The molecule has 0 unspecified atom stereocenters. The van der Waals surface area contributed by atoms with Crippen molar-refractivity contribution >= 4 is 21.6 Å². The minimum atomic E-state index is -3.75. The smallest absolute Gasteiger partial charge is 0.263 e. The molecule has 9 heteroatoms. The number of hydrogen-bond acceptors (Lipinski definition) is 6. The van der Waals surface area contributed by atoms with E-state index in [1.165, 1.54) is 31.4 Å². The van der Waals surface area contributed by atoms with Gasteiger partial charge in [-0.15, -0.1) is 0 Å². The molecule has 29 heavy (non-hydrogen) atoms. The Bertz CT molecular complexity index is 922. The van der Waals surface area contributed by atoms with Crippen molar-refractivity contribution in [3.05, 3.63) is 48.5 Å². The summed E-state index contributed by atoms with van der Waals surface area (Å²) in [7, 11) is -2.21. The van der Waals surface area contributed by atoms with Gasteiger partial charge in [0.15, 0.2) is 6.10 Å². The number of carbonyl (C=O) groups excluding carboxylic acids is 1. The van der Waals surface area contributed by atoms with Crippen molar-refractivity contribution in [1.82, 2.24) is 4.90 Å². The van der Waals surface area contributed by atoms with Gasteiger partial charge in [0.2, 0.25) is 0 Å². The lowest BCUT2D eigenvalue weighted by Gasteiger charge is -2.29. The van der Waals surface area contributed by atoms with E-state index in [0.717, 1.165) is 0 Å². The summed E-state index contributed by atoms with van der Waals surface area (Å²) in [6.07, 6.45) is -0.673. The molecule has 2 aromatic carbocycles. The molecule has 2 aromatic rings. The van der Waals surface area contributed by atoms with Gasteiger partial charge in [-0.2, -0.15) is 0 Å². The van der Waals surface area contributed by atoms with E-state index < -0.39 is 16.1 Å². The summed E-state index contributed by atoms with van der Waals surface area (Å²) in [5.74, 6) is 0.934. The molecule has 0 aliphatic carbocycles. The normalized spacial score (nSPS) is 15.4. The Morgan fingerprint density at radius 1 is 1.03 bits per heavy atom. The number of ether oxygens (including phenoxy) is 3. The van der Waals surface area contributed by atoms with Gasteiger partial charge >= 0.3 is 0 Å². The zero-order valence-electron chi connectivity index (χ0n) is 16.3. The molecular formula is C20H24N2O6S. The van der Waals surface area contributed by atoms with Crippen LogP contribution in [0.1, 0.15) is 6.92 Å². The molecule has 1 fully saturated rings. The predicted octanol–water partition coefficient (Wildman–Crippen LogP) is 2.12. The molecule has 0 radical (unpaired) electrons. The molecule has 1 saturated heterocycles. The maximum Gasteiger partial charge on any atom is 0.263 e. The van der Waals surface area contributed by atoms with Crippen LogP contribution in [-0.2, 0) is 19.6 Å². The summed E-state index contributed by atoms with van der Waals surface area (Å²) in [5.41, 5.74) is 0.427. The monoisotopic (exact) mass is 420 g/mol. The Kier molecular flexibility index (Phi) is 6.60. The molecule has 0 saturated carbocycles. The SMILES string of the molecule is COc1ccc(NS(=O)(=O)c2ccc(O[C@H](C)C(=O)N3CCOCC3)cc2)cc1. The van der Waals surface area contributed by atoms with E-state index in [1.807, 2.05) is 0 Å². The number of sulfonamides is 1. The van der Waals surface area contributed by atoms with Crippen molar-refractivity contribution in [2.24, 2.45) is 0 Å². The number of rotatable bonds is 7. The number of anilines is 1. The lowest BCUT2D eigenvalue weighted by Crippen LogP contribution is -2.46. The first-order valence-corrected chi connectivity index (χ1v) is 10.7. The second-order valence-electron chi connectivity index (χ2n) is 6.50. The van der Waals surface area contributed by atoms with Crippen molar-refractivity contribution in [3.63, 3.8) is 0 Å². The molecule has 1 amide bonds. The molecule has 1 aliphatic heterocycles. The van der Waals surface area contributed by atoms with E-state index in [9.17, 15) is 13.2 Å². The Morgan fingerprint density at radius 2 is 1.62 bits per heavy atom. The van der Waals surface area contributed by atoms with Gasteiger partial charge in [0, 0.05) is 18.8 Å². The van der Waals surface area contributed by atoms with Crippen molar-refractivity contribution in [3.8, 4) is 11.5 Å². The fraction of sp³-hybridized carbons (Fsp3) is 0.350. The van der Waals surface area contributed by atoms with Crippen LogP contribution in [-0.4, -0.2) is 58.7 Å². The second-order valence-corrected chi connectivity index (χ2v) is 8.19. The topological polar surface area (TPSA) is 94.2 Å². The Balaban J connectivity index is 1.62. The van der Waals surface area contributed by atoms with Crippen LogP contribution in [0, 0.1) is 0 Å². The first-order valence-electron chi connectivity index (χ1n) is 9.19. The summed E-state index contributed by atoms with van der Waals surface area (Å²) < 4.78 is 43.6. The second kappa shape index (κ2) is 9.15. The van der Waals surface area contributed by atoms with Gasteiger partial charge in [0.05, 0.1) is 25.2 Å². The third-order valence-electron chi connectivity index (χ3n) is 4.46. The number of carbonyl (C=O) groups is 1.